The Morgan fingerprint density at radius 1 is 1.38 bits per heavy atom. The zero-order valence-electron chi connectivity index (χ0n) is 9.74. The van der Waals surface area contributed by atoms with Crippen LogP contribution in [0.5, 0.6) is 0 Å². The standard InChI is InChI=1S/C13H17ClFN/c1-8-11(14)6-12(15)9(2)13(8)10-4-3-5-16-7-10/h6,10,16H,3-5,7H2,1-2H3. The van der Waals surface area contributed by atoms with Crippen LogP contribution in [0, 0.1) is 19.7 Å². The molecule has 0 aromatic heterocycles. The van der Waals surface area contributed by atoms with Gasteiger partial charge in [0.2, 0.25) is 0 Å². The summed E-state index contributed by atoms with van der Waals surface area (Å²) < 4.78 is 13.7. The van der Waals surface area contributed by atoms with Gasteiger partial charge in [0.25, 0.3) is 0 Å². The number of hydrogen-bond acceptors (Lipinski definition) is 1. The third kappa shape index (κ3) is 2.09. The molecule has 1 aliphatic heterocycles. The van der Waals surface area contributed by atoms with Crippen LogP contribution in [-0.4, -0.2) is 13.1 Å². The van der Waals surface area contributed by atoms with Gasteiger partial charge in [0.1, 0.15) is 5.82 Å². The Balaban J connectivity index is 2.45. The largest absolute Gasteiger partial charge is 0.316 e. The lowest BCUT2D eigenvalue weighted by Crippen LogP contribution is -2.29. The Labute approximate surface area is 101 Å². The van der Waals surface area contributed by atoms with Crippen LogP contribution in [0.2, 0.25) is 5.02 Å². The van der Waals surface area contributed by atoms with Gasteiger partial charge in [-0.15, -0.1) is 0 Å². The monoisotopic (exact) mass is 241 g/mol. The molecule has 1 fully saturated rings. The molecule has 1 saturated heterocycles. The molecule has 1 atom stereocenters. The normalized spacial score (nSPS) is 21.1. The Morgan fingerprint density at radius 2 is 2.12 bits per heavy atom. The highest BCUT2D eigenvalue weighted by molar-refractivity contribution is 6.31. The molecular formula is C13H17ClFN. The maximum atomic E-state index is 13.7. The van der Waals surface area contributed by atoms with E-state index in [1.165, 1.54) is 6.07 Å². The first-order chi connectivity index (χ1) is 7.61. The molecule has 1 aliphatic rings. The van der Waals surface area contributed by atoms with E-state index in [0.717, 1.165) is 42.6 Å². The molecule has 1 N–H and O–H groups in total. The van der Waals surface area contributed by atoms with Gasteiger partial charge in [-0.3, -0.25) is 0 Å². The van der Waals surface area contributed by atoms with Crippen molar-refractivity contribution < 1.29 is 4.39 Å². The van der Waals surface area contributed by atoms with Crippen molar-refractivity contribution in [3.05, 3.63) is 33.6 Å². The summed E-state index contributed by atoms with van der Waals surface area (Å²) in [7, 11) is 0. The molecular weight excluding hydrogens is 225 g/mol. The predicted molar refractivity (Wildman–Crippen MR) is 65.7 cm³/mol. The van der Waals surface area contributed by atoms with Gasteiger partial charge in [0, 0.05) is 11.6 Å². The van der Waals surface area contributed by atoms with Crippen LogP contribution in [-0.2, 0) is 0 Å². The van der Waals surface area contributed by atoms with Crippen molar-refractivity contribution >= 4 is 11.6 Å². The van der Waals surface area contributed by atoms with Gasteiger partial charge in [-0.2, -0.15) is 0 Å². The van der Waals surface area contributed by atoms with E-state index >= 15 is 0 Å². The summed E-state index contributed by atoms with van der Waals surface area (Å²) in [6.07, 6.45) is 2.27. The van der Waals surface area contributed by atoms with Gasteiger partial charge in [-0.1, -0.05) is 11.6 Å². The first-order valence-electron chi connectivity index (χ1n) is 5.77. The summed E-state index contributed by atoms with van der Waals surface area (Å²) in [5.74, 6) is 0.220. The van der Waals surface area contributed by atoms with Crippen LogP contribution in [0.1, 0.15) is 35.4 Å². The van der Waals surface area contributed by atoms with E-state index in [0.29, 0.717) is 10.9 Å². The summed E-state index contributed by atoms with van der Waals surface area (Å²) in [5, 5.41) is 3.91. The smallest absolute Gasteiger partial charge is 0.127 e. The number of rotatable bonds is 1. The summed E-state index contributed by atoms with van der Waals surface area (Å²) in [6, 6.07) is 1.42. The van der Waals surface area contributed by atoms with E-state index in [2.05, 4.69) is 5.32 Å². The number of halogens is 2. The van der Waals surface area contributed by atoms with E-state index in [-0.39, 0.29) is 5.82 Å². The van der Waals surface area contributed by atoms with Crippen LogP contribution in [0.25, 0.3) is 0 Å². The molecule has 1 unspecified atom stereocenters. The minimum absolute atomic E-state index is 0.184. The van der Waals surface area contributed by atoms with Crippen molar-refractivity contribution in [2.75, 3.05) is 13.1 Å². The number of hydrogen-bond donors (Lipinski definition) is 1. The molecule has 1 aromatic rings. The van der Waals surface area contributed by atoms with E-state index in [1.54, 1.807) is 0 Å². The van der Waals surface area contributed by atoms with Crippen LogP contribution in [0.15, 0.2) is 6.07 Å². The lowest BCUT2D eigenvalue weighted by atomic mass is 9.85. The molecule has 1 aromatic carbocycles. The zero-order chi connectivity index (χ0) is 11.7. The summed E-state index contributed by atoms with van der Waals surface area (Å²) in [4.78, 5) is 0. The van der Waals surface area contributed by atoms with Crippen molar-refractivity contribution in [2.45, 2.75) is 32.6 Å². The third-order valence-corrected chi connectivity index (χ3v) is 3.88. The van der Waals surface area contributed by atoms with E-state index in [1.807, 2.05) is 13.8 Å². The molecule has 0 radical (unpaired) electrons. The first kappa shape index (κ1) is 11.9. The fraction of sp³-hybridized carbons (Fsp3) is 0.538. The van der Waals surface area contributed by atoms with Crippen molar-refractivity contribution in [3.63, 3.8) is 0 Å². The van der Waals surface area contributed by atoms with Crippen LogP contribution >= 0.6 is 11.6 Å². The second-order valence-electron chi connectivity index (χ2n) is 4.55. The van der Waals surface area contributed by atoms with E-state index < -0.39 is 0 Å². The molecule has 0 bridgehead atoms. The van der Waals surface area contributed by atoms with Gasteiger partial charge in [-0.05, 0) is 61.9 Å². The van der Waals surface area contributed by atoms with Crippen molar-refractivity contribution in [2.24, 2.45) is 0 Å². The van der Waals surface area contributed by atoms with Crippen molar-refractivity contribution in [1.29, 1.82) is 0 Å². The first-order valence-corrected chi connectivity index (χ1v) is 6.15. The Kier molecular flexibility index (Phi) is 3.50. The predicted octanol–water partition coefficient (Wildman–Crippen LogP) is 3.56. The van der Waals surface area contributed by atoms with E-state index in [9.17, 15) is 4.39 Å². The van der Waals surface area contributed by atoms with E-state index in [4.69, 9.17) is 11.6 Å². The average Bonchev–Trinajstić information content (AvgIpc) is 2.28. The maximum Gasteiger partial charge on any atom is 0.127 e. The highest BCUT2D eigenvalue weighted by Gasteiger charge is 2.21. The Bertz CT molecular complexity index is 371. The van der Waals surface area contributed by atoms with Crippen LogP contribution in [0.3, 0.4) is 0 Å². The van der Waals surface area contributed by atoms with Gasteiger partial charge in [-0.25, -0.2) is 4.39 Å². The molecule has 1 heterocycles. The fourth-order valence-electron chi connectivity index (χ4n) is 2.58. The van der Waals surface area contributed by atoms with Crippen LogP contribution < -0.4 is 5.32 Å². The molecule has 16 heavy (non-hydrogen) atoms. The molecule has 0 amide bonds. The molecule has 0 saturated carbocycles. The van der Waals surface area contributed by atoms with Crippen molar-refractivity contribution in [3.8, 4) is 0 Å². The number of piperidine rings is 1. The number of nitrogens with one attached hydrogen (secondary N) is 1. The number of benzene rings is 1. The van der Waals surface area contributed by atoms with Gasteiger partial charge in [0.15, 0.2) is 0 Å². The Morgan fingerprint density at radius 3 is 2.75 bits per heavy atom. The molecule has 88 valence electrons. The highest BCUT2D eigenvalue weighted by atomic mass is 35.5. The topological polar surface area (TPSA) is 12.0 Å². The van der Waals surface area contributed by atoms with Crippen molar-refractivity contribution in [1.82, 2.24) is 5.32 Å². The molecule has 0 aliphatic carbocycles. The minimum Gasteiger partial charge on any atom is -0.316 e. The average molecular weight is 242 g/mol. The fourth-order valence-corrected chi connectivity index (χ4v) is 2.77. The molecule has 1 nitrogen and oxygen atoms in total. The second kappa shape index (κ2) is 4.72. The Hall–Kier alpha value is -0.600. The quantitative estimate of drug-likeness (QED) is 0.793. The second-order valence-corrected chi connectivity index (χ2v) is 4.95. The molecule has 3 heteroatoms. The minimum atomic E-state index is -0.184. The zero-order valence-corrected chi connectivity index (χ0v) is 10.5. The summed E-state index contributed by atoms with van der Waals surface area (Å²) >= 11 is 6.05. The lowest BCUT2D eigenvalue weighted by Gasteiger charge is -2.26. The van der Waals surface area contributed by atoms with Gasteiger partial charge < -0.3 is 5.32 Å². The lowest BCUT2D eigenvalue weighted by molar-refractivity contribution is 0.456. The molecule has 2 rings (SSSR count). The third-order valence-electron chi connectivity index (χ3n) is 3.48. The highest BCUT2D eigenvalue weighted by Crippen LogP contribution is 2.33. The maximum absolute atomic E-state index is 13.7. The SMILES string of the molecule is Cc1c(F)cc(Cl)c(C)c1C1CCCNC1. The molecule has 0 spiro atoms. The van der Waals surface area contributed by atoms with Crippen LogP contribution in [0.4, 0.5) is 4.39 Å². The summed E-state index contributed by atoms with van der Waals surface area (Å²) in [6.45, 7) is 5.83. The summed E-state index contributed by atoms with van der Waals surface area (Å²) in [5.41, 5.74) is 2.90. The van der Waals surface area contributed by atoms with Gasteiger partial charge in [0.05, 0.1) is 0 Å². The van der Waals surface area contributed by atoms with Gasteiger partial charge >= 0.3 is 0 Å².